The first-order valence-electron chi connectivity index (χ1n) is 33.2. The molecule has 7 aliphatic rings. The Hall–Kier alpha value is -10.1. The standard InChI is InChI=1S/C82H68B2N6OSi2/c1-81(2)44-45-82(3,4)57-46-54(42-43-56(57)81)88-62-32-16-14-30-58(62)83-60-49-61-68(50-67(60)86(52-26-10-8-11-27-52)69-47-55(48-70(88)78(69)83)89-65-35-19-24-40-75(65)93(6,7)76-41-25-20-36-66(76)89)87(53-28-12-9-13-29-53)71-51-77(85-80-79(71)84(61)59-31-15-21-37-72(59)91-80)90-63-33-17-22-38-73(63)92(5)74-39-23-18-34-64(74)90/h8-43,46-51,92H,44-45H2,1-7H3. The molecule has 12 aromatic rings. The van der Waals surface area contributed by atoms with Gasteiger partial charge < -0.3 is 24.3 Å². The van der Waals surface area contributed by atoms with Crippen LogP contribution in [0.5, 0.6) is 11.6 Å². The SMILES string of the molecule is C[SiH]1c2ccccc2N(c2cc3c4c(n2)Oc2ccccc2B4c2cc4c(cc2N3c2ccccc2)N(c2ccccc2)c2cc(N3c5ccccc5[Si](C)(C)c5ccccc53)cc3c2B4c2ccccc2N3c2ccc3c(c2)C(C)(C)CCC3(C)C)c2ccccc21. The third kappa shape index (κ3) is 7.75. The van der Waals surface area contributed by atoms with Gasteiger partial charge in [0.1, 0.15) is 28.4 Å². The van der Waals surface area contributed by atoms with Crippen molar-refractivity contribution in [3.8, 4) is 11.6 Å². The summed E-state index contributed by atoms with van der Waals surface area (Å²) in [5, 5.41) is 5.68. The van der Waals surface area contributed by atoms with Crippen LogP contribution in [0.4, 0.5) is 85.4 Å². The highest BCUT2D eigenvalue weighted by Gasteiger charge is 2.50. The Morgan fingerprint density at radius 2 is 0.849 bits per heavy atom. The van der Waals surface area contributed by atoms with E-state index in [1.54, 1.807) is 0 Å². The van der Waals surface area contributed by atoms with Gasteiger partial charge in [0.05, 0.1) is 11.4 Å². The van der Waals surface area contributed by atoms with Crippen LogP contribution in [0.25, 0.3) is 0 Å². The summed E-state index contributed by atoms with van der Waals surface area (Å²) in [5.74, 6) is 2.29. The summed E-state index contributed by atoms with van der Waals surface area (Å²) < 4.78 is 7.26. The average molecular weight is 1230 g/mol. The van der Waals surface area contributed by atoms with E-state index in [0.29, 0.717) is 5.88 Å². The van der Waals surface area contributed by atoms with Crippen LogP contribution in [0, 0.1) is 0 Å². The number of aromatic nitrogens is 1. The van der Waals surface area contributed by atoms with Crippen molar-refractivity contribution in [2.45, 2.75) is 71.0 Å². The van der Waals surface area contributed by atoms with E-state index in [-0.39, 0.29) is 24.3 Å². The zero-order valence-electron chi connectivity index (χ0n) is 53.5. The zero-order chi connectivity index (χ0) is 62.4. The smallest absolute Gasteiger partial charge is 0.258 e. The number of para-hydroxylation sites is 8. The summed E-state index contributed by atoms with van der Waals surface area (Å²) in [7, 11) is -3.70. The van der Waals surface area contributed by atoms with Crippen molar-refractivity contribution in [1.29, 1.82) is 0 Å². The molecule has 0 atom stereocenters. The van der Waals surface area contributed by atoms with Gasteiger partial charge in [0.25, 0.3) is 13.4 Å². The van der Waals surface area contributed by atoms with E-state index in [9.17, 15) is 0 Å². The highest BCUT2D eigenvalue weighted by molar-refractivity contribution is 7.03. The second kappa shape index (κ2) is 19.7. The van der Waals surface area contributed by atoms with E-state index in [2.05, 4.69) is 327 Å². The number of nitrogens with zero attached hydrogens (tertiary/aromatic N) is 6. The summed E-state index contributed by atoms with van der Waals surface area (Å²) in [6.07, 6.45) is 2.29. The Morgan fingerprint density at radius 3 is 1.46 bits per heavy atom. The molecule has 7 heterocycles. The van der Waals surface area contributed by atoms with Crippen LogP contribution in [0.1, 0.15) is 51.7 Å². The fraction of sp³-hybridized carbons (Fsp3) is 0.134. The van der Waals surface area contributed by atoms with E-state index in [4.69, 9.17) is 9.72 Å². The van der Waals surface area contributed by atoms with Gasteiger partial charge in [-0.15, -0.1) is 0 Å². The Morgan fingerprint density at radius 1 is 0.376 bits per heavy atom. The van der Waals surface area contributed by atoms with Gasteiger partial charge in [-0.05, 0) is 174 Å². The molecule has 6 aliphatic heterocycles. The summed E-state index contributed by atoms with van der Waals surface area (Å²) >= 11 is 0. The molecule has 446 valence electrons. The summed E-state index contributed by atoms with van der Waals surface area (Å²) in [6.45, 7) is 16.9. The Labute approximate surface area is 548 Å². The molecule has 0 unspecified atom stereocenters. The molecule has 1 aliphatic carbocycles. The minimum absolute atomic E-state index is 0.00345. The fourth-order valence-corrected chi connectivity index (χ4v) is 23.0. The number of hydrogen-bond acceptors (Lipinski definition) is 7. The highest BCUT2D eigenvalue weighted by Crippen LogP contribution is 2.53. The zero-order valence-corrected chi connectivity index (χ0v) is 55.6. The van der Waals surface area contributed by atoms with E-state index in [1.807, 2.05) is 0 Å². The predicted octanol–water partition coefficient (Wildman–Crippen LogP) is 14.3. The first-order chi connectivity index (χ1) is 45.3. The van der Waals surface area contributed by atoms with Crippen molar-refractivity contribution < 1.29 is 4.74 Å². The van der Waals surface area contributed by atoms with Crippen LogP contribution in [0.3, 0.4) is 0 Å². The van der Waals surface area contributed by atoms with Crippen molar-refractivity contribution in [3.05, 3.63) is 266 Å². The molecule has 0 bridgehead atoms. The lowest BCUT2D eigenvalue weighted by molar-refractivity contribution is 0.332. The summed E-state index contributed by atoms with van der Waals surface area (Å²) in [6, 6.07) is 96.8. The molecule has 0 radical (unpaired) electrons. The van der Waals surface area contributed by atoms with Crippen LogP contribution in [0.2, 0.25) is 19.6 Å². The minimum atomic E-state index is -2.16. The van der Waals surface area contributed by atoms with Crippen LogP contribution in [0.15, 0.2) is 255 Å². The molecule has 11 aromatic carbocycles. The average Bonchev–Trinajstić information content (AvgIpc) is 0.818. The molecule has 1 aromatic heterocycles. The van der Waals surface area contributed by atoms with E-state index in [0.717, 1.165) is 75.1 Å². The number of hydrogen-bond donors (Lipinski definition) is 0. The number of rotatable bonds is 5. The molecule has 0 N–H and O–H groups in total. The third-order valence-electron chi connectivity index (χ3n) is 22.2. The highest BCUT2D eigenvalue weighted by atomic mass is 28.3. The Kier molecular flexibility index (Phi) is 11.6. The first kappa shape index (κ1) is 54.6. The maximum Gasteiger partial charge on any atom is 0.258 e. The molecule has 0 spiro atoms. The monoisotopic (exact) mass is 1230 g/mol. The van der Waals surface area contributed by atoms with Gasteiger partial charge in [-0.2, -0.15) is 4.98 Å². The molecule has 0 amide bonds. The third-order valence-corrected chi connectivity index (χ3v) is 28.5. The Bertz CT molecular complexity index is 5070. The summed E-state index contributed by atoms with van der Waals surface area (Å²) in [4.78, 5) is 18.5. The predicted molar refractivity (Wildman–Crippen MR) is 398 cm³/mol. The molecular formula is C82H68B2N6OSi2. The van der Waals surface area contributed by atoms with Crippen molar-refractivity contribution in [1.82, 2.24) is 4.98 Å². The van der Waals surface area contributed by atoms with Gasteiger partial charge in [-0.25, -0.2) is 0 Å². The van der Waals surface area contributed by atoms with Crippen molar-refractivity contribution in [3.63, 3.8) is 0 Å². The Balaban J connectivity index is 0.914. The normalized spacial score (nSPS) is 16.6. The first-order valence-corrected chi connectivity index (χ1v) is 38.5. The molecule has 93 heavy (non-hydrogen) atoms. The lowest BCUT2D eigenvalue weighted by Crippen LogP contribution is -2.64. The molecule has 11 heteroatoms. The molecular weight excluding hydrogens is 1160 g/mol. The number of pyridine rings is 1. The fourth-order valence-electron chi connectivity index (χ4n) is 17.5. The van der Waals surface area contributed by atoms with E-state index in [1.165, 1.54) is 93.5 Å². The molecule has 0 saturated heterocycles. The van der Waals surface area contributed by atoms with Crippen molar-refractivity contribution in [2.24, 2.45) is 0 Å². The van der Waals surface area contributed by atoms with E-state index < -0.39 is 16.9 Å². The van der Waals surface area contributed by atoms with Crippen LogP contribution >= 0.6 is 0 Å². The minimum Gasteiger partial charge on any atom is -0.440 e. The summed E-state index contributed by atoms with van der Waals surface area (Å²) in [5.41, 5.74) is 26.4. The largest absolute Gasteiger partial charge is 0.440 e. The molecule has 0 fully saturated rings. The molecule has 19 rings (SSSR count). The number of ether oxygens (including phenoxy) is 1. The number of anilines is 15. The van der Waals surface area contributed by atoms with Crippen molar-refractivity contribution in [2.75, 3.05) is 24.5 Å². The van der Waals surface area contributed by atoms with Crippen molar-refractivity contribution >= 4 is 169 Å². The second-order valence-electron chi connectivity index (χ2n) is 28.5. The van der Waals surface area contributed by atoms with Crippen LogP contribution < -0.4 is 82.8 Å². The van der Waals surface area contributed by atoms with Crippen LogP contribution in [-0.2, 0) is 10.8 Å². The molecule has 7 nitrogen and oxygen atoms in total. The van der Waals surface area contributed by atoms with Gasteiger partial charge in [-0.3, -0.25) is 4.90 Å². The van der Waals surface area contributed by atoms with Crippen LogP contribution in [-0.4, -0.2) is 35.3 Å². The second-order valence-corrected chi connectivity index (χ2v) is 35.5. The van der Waals surface area contributed by atoms with Gasteiger partial charge in [0, 0.05) is 79.8 Å². The van der Waals surface area contributed by atoms with Gasteiger partial charge >= 0.3 is 0 Å². The lowest BCUT2D eigenvalue weighted by atomic mass is 9.30. The number of fused-ring (bicyclic) bond motifs is 13. The maximum absolute atomic E-state index is 7.26. The molecule has 0 saturated carbocycles. The maximum atomic E-state index is 7.26. The lowest BCUT2D eigenvalue weighted by Gasteiger charge is -2.47. The van der Waals surface area contributed by atoms with Gasteiger partial charge in [-0.1, -0.05) is 205 Å². The van der Waals surface area contributed by atoms with Gasteiger partial charge in [0.2, 0.25) is 5.88 Å². The quantitative estimate of drug-likeness (QED) is 0.159. The number of benzene rings is 11. The topological polar surface area (TPSA) is 38.3 Å². The van der Waals surface area contributed by atoms with Gasteiger partial charge in [0.15, 0.2) is 0 Å². The van der Waals surface area contributed by atoms with E-state index >= 15 is 0 Å².